The van der Waals surface area contributed by atoms with Crippen molar-refractivity contribution in [1.29, 1.82) is 0 Å². The highest BCUT2D eigenvalue weighted by Crippen LogP contribution is 2.41. The fourth-order valence-corrected chi connectivity index (χ4v) is 5.55. The number of aliphatic hydroxyl groups is 1. The molecule has 0 aromatic heterocycles. The van der Waals surface area contributed by atoms with Crippen molar-refractivity contribution in [1.82, 2.24) is 5.32 Å². The number of rotatable bonds is 3. The first-order valence-corrected chi connectivity index (χ1v) is 12.5. The average Bonchev–Trinajstić information content (AvgIpc) is 3.22. The van der Waals surface area contributed by atoms with Gasteiger partial charge in [-0.25, -0.2) is 0 Å². The zero-order chi connectivity index (χ0) is 23.2. The molecule has 172 valence electrons. The maximum absolute atomic E-state index is 9.23. The predicted molar refractivity (Wildman–Crippen MR) is 142 cm³/mol. The molecule has 3 aromatic rings. The van der Waals surface area contributed by atoms with E-state index in [1.165, 1.54) is 53.5 Å². The molecule has 1 atom stereocenters. The Morgan fingerprint density at radius 3 is 2.44 bits per heavy atom. The van der Waals surface area contributed by atoms with Crippen molar-refractivity contribution in [2.45, 2.75) is 44.4 Å². The lowest BCUT2D eigenvalue weighted by molar-refractivity contribution is 0.299. The molecule has 0 spiro atoms. The number of aryl methyl sites for hydroxylation is 1. The molecule has 3 aromatic carbocycles. The minimum absolute atomic E-state index is 0.227. The van der Waals surface area contributed by atoms with Crippen molar-refractivity contribution in [3.05, 3.63) is 131 Å². The summed E-state index contributed by atoms with van der Waals surface area (Å²) in [4.78, 5) is 0. The van der Waals surface area contributed by atoms with Gasteiger partial charge in [0.05, 0.1) is 0 Å². The summed E-state index contributed by atoms with van der Waals surface area (Å²) >= 11 is 0. The quantitative estimate of drug-likeness (QED) is 0.485. The molecule has 2 nitrogen and oxygen atoms in total. The molecule has 0 bridgehead atoms. The van der Waals surface area contributed by atoms with E-state index in [4.69, 9.17) is 0 Å². The highest BCUT2D eigenvalue weighted by atomic mass is 16.2. The van der Waals surface area contributed by atoms with Crippen LogP contribution < -0.4 is 5.32 Å². The van der Waals surface area contributed by atoms with Crippen LogP contribution in [0.4, 0.5) is 0 Å². The highest BCUT2D eigenvalue weighted by Gasteiger charge is 2.26. The third-order valence-corrected chi connectivity index (χ3v) is 7.23. The van der Waals surface area contributed by atoms with Crippen molar-refractivity contribution in [3.63, 3.8) is 0 Å². The summed E-state index contributed by atoms with van der Waals surface area (Å²) in [6.07, 6.45) is 18.3. The van der Waals surface area contributed by atoms with Gasteiger partial charge in [-0.3, -0.25) is 0 Å². The van der Waals surface area contributed by atoms with E-state index in [1.807, 2.05) is 36.7 Å². The minimum Gasteiger partial charge on any atom is -0.396 e. The first-order chi connectivity index (χ1) is 16.8. The van der Waals surface area contributed by atoms with Crippen molar-refractivity contribution in [2.24, 2.45) is 0 Å². The summed E-state index contributed by atoms with van der Waals surface area (Å²) in [5.41, 5.74) is 11.9. The number of fused-ring (bicyclic) bond motifs is 5. The van der Waals surface area contributed by atoms with Gasteiger partial charge in [0.15, 0.2) is 0 Å². The molecule has 34 heavy (non-hydrogen) atoms. The zero-order valence-corrected chi connectivity index (χ0v) is 19.7. The van der Waals surface area contributed by atoms with Crippen LogP contribution in [0.5, 0.6) is 0 Å². The molecule has 0 saturated carbocycles. The van der Waals surface area contributed by atoms with E-state index in [0.29, 0.717) is 5.92 Å². The SMILES string of the molecule is C1=CC=CNC=C1.OCCc1cccc(C2CCc3c(ccc4c3CCc3ccccc3-4)C2)c1. The molecule has 2 heteroatoms. The van der Waals surface area contributed by atoms with Crippen LogP contribution in [0.3, 0.4) is 0 Å². The van der Waals surface area contributed by atoms with Gasteiger partial charge in [-0.15, -0.1) is 0 Å². The van der Waals surface area contributed by atoms with Gasteiger partial charge >= 0.3 is 0 Å². The molecule has 0 saturated heterocycles. The van der Waals surface area contributed by atoms with Crippen LogP contribution in [0.25, 0.3) is 11.1 Å². The van der Waals surface area contributed by atoms with E-state index in [2.05, 4.69) is 66.0 Å². The fourth-order valence-electron chi connectivity index (χ4n) is 5.55. The van der Waals surface area contributed by atoms with Crippen LogP contribution in [0, 0.1) is 0 Å². The monoisotopic (exact) mass is 447 g/mol. The van der Waals surface area contributed by atoms with Crippen molar-refractivity contribution in [3.8, 4) is 11.1 Å². The molecular weight excluding hydrogens is 414 g/mol. The molecule has 1 unspecified atom stereocenters. The molecular formula is C32H33NO. The Kier molecular flexibility index (Phi) is 7.07. The summed E-state index contributed by atoms with van der Waals surface area (Å²) in [7, 11) is 0. The second-order valence-electron chi connectivity index (χ2n) is 9.31. The van der Waals surface area contributed by atoms with E-state index < -0.39 is 0 Å². The van der Waals surface area contributed by atoms with Gasteiger partial charge in [0.2, 0.25) is 0 Å². The largest absolute Gasteiger partial charge is 0.396 e. The number of allylic oxidation sites excluding steroid dienone is 4. The molecule has 3 aliphatic rings. The molecule has 2 N–H and O–H groups in total. The third kappa shape index (κ3) is 4.93. The molecule has 0 fully saturated rings. The average molecular weight is 448 g/mol. The Morgan fingerprint density at radius 1 is 0.735 bits per heavy atom. The van der Waals surface area contributed by atoms with Crippen LogP contribution in [0.2, 0.25) is 0 Å². The number of benzene rings is 3. The van der Waals surface area contributed by atoms with Crippen molar-refractivity contribution in [2.75, 3.05) is 6.61 Å². The summed E-state index contributed by atoms with van der Waals surface area (Å²) < 4.78 is 0. The van der Waals surface area contributed by atoms with Crippen LogP contribution in [0.15, 0.2) is 97.4 Å². The summed E-state index contributed by atoms with van der Waals surface area (Å²) in [6.45, 7) is 0.227. The van der Waals surface area contributed by atoms with Crippen LogP contribution >= 0.6 is 0 Å². The maximum atomic E-state index is 9.23. The van der Waals surface area contributed by atoms with Crippen molar-refractivity contribution < 1.29 is 5.11 Å². The maximum Gasteiger partial charge on any atom is 0.0471 e. The second kappa shape index (κ2) is 10.7. The molecule has 1 aliphatic heterocycles. The molecule has 6 rings (SSSR count). The van der Waals surface area contributed by atoms with Gasteiger partial charge in [0.1, 0.15) is 0 Å². The molecule has 0 radical (unpaired) electrons. The second-order valence-corrected chi connectivity index (χ2v) is 9.31. The Hall–Kier alpha value is -3.36. The van der Waals surface area contributed by atoms with Gasteiger partial charge in [0.25, 0.3) is 0 Å². The first-order valence-electron chi connectivity index (χ1n) is 12.5. The van der Waals surface area contributed by atoms with Crippen LogP contribution in [-0.4, -0.2) is 11.7 Å². The van der Waals surface area contributed by atoms with E-state index in [9.17, 15) is 5.11 Å². The summed E-state index contributed by atoms with van der Waals surface area (Å²) in [5, 5.41) is 12.2. The Balaban J connectivity index is 0.000000297. The van der Waals surface area contributed by atoms with E-state index >= 15 is 0 Å². The third-order valence-electron chi connectivity index (χ3n) is 7.23. The first kappa shape index (κ1) is 22.4. The number of nitrogens with one attached hydrogen (secondary N) is 1. The summed E-state index contributed by atoms with van der Waals surface area (Å²) in [5.74, 6) is 0.602. The lowest BCUT2D eigenvalue weighted by atomic mass is 9.74. The smallest absolute Gasteiger partial charge is 0.0471 e. The van der Waals surface area contributed by atoms with E-state index in [1.54, 1.807) is 16.7 Å². The summed E-state index contributed by atoms with van der Waals surface area (Å²) in [6, 6.07) is 22.5. The van der Waals surface area contributed by atoms with Gasteiger partial charge in [-0.05, 0) is 101 Å². The number of hydrogen-bond donors (Lipinski definition) is 2. The standard InChI is InChI=1S/C26H26O.C6H7N/c27-15-14-18-4-3-6-20(16-18)21-9-11-24-22(17-21)10-13-25-23-7-2-1-5-19(23)8-12-26(24)25;1-2-4-6-7-5-3-1/h1-7,10,13,16,21,27H,8-9,11-12,14-15,17H2;1-7H. The van der Waals surface area contributed by atoms with Gasteiger partial charge in [-0.2, -0.15) is 0 Å². The van der Waals surface area contributed by atoms with E-state index in [0.717, 1.165) is 12.8 Å². The Bertz CT molecular complexity index is 1220. The Morgan fingerprint density at radius 2 is 1.59 bits per heavy atom. The van der Waals surface area contributed by atoms with Gasteiger partial charge in [-0.1, -0.05) is 72.8 Å². The molecule has 2 aliphatic carbocycles. The highest BCUT2D eigenvalue weighted by molar-refractivity contribution is 5.75. The lowest BCUT2D eigenvalue weighted by Crippen LogP contribution is -2.17. The number of hydrogen-bond acceptors (Lipinski definition) is 2. The van der Waals surface area contributed by atoms with Crippen LogP contribution in [-0.2, 0) is 32.1 Å². The van der Waals surface area contributed by atoms with Crippen LogP contribution in [0.1, 0.15) is 45.7 Å². The molecule has 1 heterocycles. The fraction of sp³-hybridized carbons (Fsp3) is 0.250. The minimum atomic E-state index is 0.227. The topological polar surface area (TPSA) is 32.3 Å². The zero-order valence-electron chi connectivity index (χ0n) is 19.7. The Labute approximate surface area is 203 Å². The van der Waals surface area contributed by atoms with Gasteiger partial charge in [0, 0.05) is 19.0 Å². The van der Waals surface area contributed by atoms with Gasteiger partial charge < -0.3 is 10.4 Å². The molecule has 0 amide bonds. The number of aliphatic hydroxyl groups excluding tert-OH is 1. The van der Waals surface area contributed by atoms with Crippen molar-refractivity contribution >= 4 is 0 Å². The lowest BCUT2D eigenvalue weighted by Gasteiger charge is -2.30. The normalized spacial score (nSPS) is 17.4. The predicted octanol–water partition coefficient (Wildman–Crippen LogP) is 6.43. The van der Waals surface area contributed by atoms with E-state index in [-0.39, 0.29) is 6.61 Å².